The van der Waals surface area contributed by atoms with E-state index in [1.54, 1.807) is 24.3 Å². The number of nitro groups is 1. The third-order valence-electron chi connectivity index (χ3n) is 3.89. The molecule has 0 fully saturated rings. The van der Waals surface area contributed by atoms with E-state index in [9.17, 15) is 18.5 Å². The molecule has 146 valence electrons. The number of benzene rings is 2. The first-order valence-electron chi connectivity index (χ1n) is 8.23. The van der Waals surface area contributed by atoms with Crippen LogP contribution >= 0.6 is 11.6 Å². The normalized spacial score (nSPS) is 11.6. The molecule has 0 aliphatic rings. The van der Waals surface area contributed by atoms with Crippen molar-refractivity contribution in [1.29, 1.82) is 0 Å². The Morgan fingerprint density at radius 1 is 1.14 bits per heavy atom. The molecule has 0 spiro atoms. The fourth-order valence-corrected chi connectivity index (χ4v) is 3.54. The number of aromatic nitrogens is 2. The molecule has 0 saturated carbocycles. The van der Waals surface area contributed by atoms with Crippen LogP contribution in [0.15, 0.2) is 59.5 Å². The van der Waals surface area contributed by atoms with E-state index >= 15 is 0 Å². The minimum absolute atomic E-state index is 0.0208. The average Bonchev–Trinajstić information content (AvgIpc) is 3.06. The van der Waals surface area contributed by atoms with Crippen molar-refractivity contribution in [1.82, 2.24) is 9.78 Å². The van der Waals surface area contributed by atoms with Crippen LogP contribution in [0.2, 0.25) is 5.02 Å². The standard InChI is InChI=1S/C18H16ClN3O5S/c1-12(2)16-11-18(21(20-16)13-6-4-3-5-7-13)27-28(25,26)14-8-9-15(19)17(10-14)22(23)24/h3-12H,1-2H3. The van der Waals surface area contributed by atoms with Crippen LogP contribution in [0.3, 0.4) is 0 Å². The minimum Gasteiger partial charge on any atom is -0.358 e. The number of hydrogen-bond donors (Lipinski definition) is 0. The summed E-state index contributed by atoms with van der Waals surface area (Å²) in [5.74, 6) is 0.0131. The first-order valence-corrected chi connectivity index (χ1v) is 10.0. The molecular formula is C18H16ClN3O5S. The van der Waals surface area contributed by atoms with E-state index in [-0.39, 0.29) is 21.7 Å². The molecule has 1 heterocycles. The number of halogens is 1. The van der Waals surface area contributed by atoms with Crippen LogP contribution in [-0.4, -0.2) is 23.1 Å². The van der Waals surface area contributed by atoms with Crippen LogP contribution in [0.25, 0.3) is 5.69 Å². The van der Waals surface area contributed by atoms with E-state index in [1.165, 1.54) is 10.7 Å². The Labute approximate surface area is 166 Å². The molecule has 0 atom stereocenters. The van der Waals surface area contributed by atoms with E-state index in [4.69, 9.17) is 15.8 Å². The molecule has 8 nitrogen and oxygen atoms in total. The fourth-order valence-electron chi connectivity index (χ4n) is 2.43. The summed E-state index contributed by atoms with van der Waals surface area (Å²) in [6.45, 7) is 3.83. The van der Waals surface area contributed by atoms with Crippen molar-refractivity contribution in [2.45, 2.75) is 24.7 Å². The van der Waals surface area contributed by atoms with Gasteiger partial charge in [0, 0.05) is 12.1 Å². The van der Waals surface area contributed by atoms with Gasteiger partial charge in [-0.2, -0.15) is 18.2 Å². The second-order valence-electron chi connectivity index (χ2n) is 6.22. The van der Waals surface area contributed by atoms with Gasteiger partial charge in [0.15, 0.2) is 0 Å². The van der Waals surface area contributed by atoms with E-state index in [0.29, 0.717) is 11.4 Å². The van der Waals surface area contributed by atoms with Crippen molar-refractivity contribution in [2.75, 3.05) is 0 Å². The Bertz CT molecular complexity index is 1130. The van der Waals surface area contributed by atoms with Crippen molar-refractivity contribution in [3.8, 4) is 11.6 Å². The molecule has 0 amide bonds. The van der Waals surface area contributed by atoms with E-state index in [2.05, 4.69) is 5.10 Å². The number of nitro benzene ring substituents is 1. The monoisotopic (exact) mass is 421 g/mol. The molecule has 3 aromatic rings. The summed E-state index contributed by atoms with van der Waals surface area (Å²) in [5, 5.41) is 15.3. The smallest absolute Gasteiger partial charge is 0.340 e. The summed E-state index contributed by atoms with van der Waals surface area (Å²) in [5.41, 5.74) is 0.726. The van der Waals surface area contributed by atoms with Crippen LogP contribution in [0.5, 0.6) is 5.88 Å². The largest absolute Gasteiger partial charge is 0.358 e. The lowest BCUT2D eigenvalue weighted by Gasteiger charge is -2.09. The predicted octanol–water partition coefficient (Wildman–Crippen LogP) is 4.33. The Kier molecular flexibility index (Phi) is 5.39. The molecule has 1 aromatic heterocycles. The van der Waals surface area contributed by atoms with Gasteiger partial charge in [0.2, 0.25) is 5.88 Å². The van der Waals surface area contributed by atoms with Crippen molar-refractivity contribution in [3.05, 3.63) is 75.4 Å². The summed E-state index contributed by atoms with van der Waals surface area (Å²) >= 11 is 5.75. The summed E-state index contributed by atoms with van der Waals surface area (Å²) < 4.78 is 32.1. The zero-order valence-corrected chi connectivity index (χ0v) is 16.5. The van der Waals surface area contributed by atoms with Gasteiger partial charge in [0.25, 0.3) is 5.69 Å². The fraction of sp³-hybridized carbons (Fsp3) is 0.167. The number of rotatable bonds is 6. The van der Waals surface area contributed by atoms with E-state index < -0.39 is 20.7 Å². The third-order valence-corrected chi connectivity index (χ3v) is 5.43. The van der Waals surface area contributed by atoms with Crippen LogP contribution in [0.4, 0.5) is 5.69 Å². The van der Waals surface area contributed by atoms with E-state index in [0.717, 1.165) is 18.2 Å². The maximum absolute atomic E-state index is 12.7. The van der Waals surface area contributed by atoms with Gasteiger partial charge in [0.1, 0.15) is 9.92 Å². The van der Waals surface area contributed by atoms with Gasteiger partial charge in [-0.25, -0.2) is 0 Å². The highest BCUT2D eigenvalue weighted by atomic mass is 35.5. The topological polar surface area (TPSA) is 104 Å². The Balaban J connectivity index is 2.05. The molecule has 0 unspecified atom stereocenters. The van der Waals surface area contributed by atoms with Crippen LogP contribution in [0.1, 0.15) is 25.5 Å². The lowest BCUT2D eigenvalue weighted by molar-refractivity contribution is -0.384. The Morgan fingerprint density at radius 3 is 2.43 bits per heavy atom. The number of nitrogens with zero attached hydrogens (tertiary/aromatic N) is 3. The van der Waals surface area contributed by atoms with Crippen molar-refractivity contribution >= 4 is 27.4 Å². The predicted molar refractivity (Wildman–Crippen MR) is 104 cm³/mol. The molecular weight excluding hydrogens is 406 g/mol. The molecule has 3 rings (SSSR count). The molecule has 0 bridgehead atoms. The Hall–Kier alpha value is -2.91. The maximum Gasteiger partial charge on any atom is 0.340 e. The average molecular weight is 422 g/mol. The first-order chi connectivity index (χ1) is 13.2. The van der Waals surface area contributed by atoms with Crippen molar-refractivity contribution < 1.29 is 17.5 Å². The molecule has 28 heavy (non-hydrogen) atoms. The van der Waals surface area contributed by atoms with Gasteiger partial charge in [-0.15, -0.1) is 0 Å². The van der Waals surface area contributed by atoms with Crippen molar-refractivity contribution in [2.24, 2.45) is 0 Å². The quantitative estimate of drug-likeness (QED) is 0.333. The van der Waals surface area contributed by atoms with E-state index in [1.807, 2.05) is 19.9 Å². The zero-order valence-electron chi connectivity index (χ0n) is 14.9. The Morgan fingerprint density at radius 2 is 1.82 bits per heavy atom. The maximum atomic E-state index is 12.7. The van der Waals surface area contributed by atoms with Gasteiger partial charge < -0.3 is 4.18 Å². The molecule has 0 N–H and O–H groups in total. The summed E-state index contributed by atoms with van der Waals surface area (Å²) in [4.78, 5) is 9.91. The molecule has 0 aliphatic carbocycles. The molecule has 2 aromatic carbocycles. The van der Waals surface area contributed by atoms with Crippen molar-refractivity contribution in [3.63, 3.8) is 0 Å². The van der Waals surface area contributed by atoms with Crippen LogP contribution in [-0.2, 0) is 10.1 Å². The first kappa shape index (κ1) is 19.8. The minimum atomic E-state index is -4.35. The second-order valence-corrected chi connectivity index (χ2v) is 8.17. The molecule has 0 radical (unpaired) electrons. The number of para-hydroxylation sites is 1. The highest BCUT2D eigenvalue weighted by Gasteiger charge is 2.25. The van der Waals surface area contributed by atoms with Gasteiger partial charge in [0.05, 0.1) is 16.3 Å². The molecule has 0 aliphatic heterocycles. The van der Waals surface area contributed by atoms with Gasteiger partial charge in [-0.05, 0) is 30.2 Å². The lowest BCUT2D eigenvalue weighted by Crippen LogP contribution is -2.13. The summed E-state index contributed by atoms with van der Waals surface area (Å²) in [7, 11) is -4.35. The highest BCUT2D eigenvalue weighted by molar-refractivity contribution is 7.87. The lowest BCUT2D eigenvalue weighted by atomic mass is 10.1. The second kappa shape index (κ2) is 7.61. The SMILES string of the molecule is CC(C)c1cc(OS(=O)(=O)c2ccc(Cl)c([N+](=O)[O-])c2)n(-c2ccccc2)n1. The summed E-state index contributed by atoms with van der Waals surface area (Å²) in [6, 6.07) is 13.6. The van der Waals surface area contributed by atoms with Crippen LogP contribution in [0, 0.1) is 10.1 Å². The van der Waals surface area contributed by atoms with Gasteiger partial charge >= 0.3 is 10.1 Å². The highest BCUT2D eigenvalue weighted by Crippen LogP contribution is 2.30. The summed E-state index contributed by atoms with van der Waals surface area (Å²) in [6.07, 6.45) is 0. The molecule has 0 saturated heterocycles. The third kappa shape index (κ3) is 4.00. The van der Waals surface area contributed by atoms with Gasteiger partial charge in [-0.3, -0.25) is 10.1 Å². The molecule has 10 heteroatoms. The zero-order chi connectivity index (χ0) is 20.5. The van der Waals surface area contributed by atoms with Crippen LogP contribution < -0.4 is 4.18 Å². The number of hydrogen-bond acceptors (Lipinski definition) is 6. The van der Waals surface area contributed by atoms with Gasteiger partial charge in [-0.1, -0.05) is 43.6 Å².